The highest BCUT2D eigenvalue weighted by Crippen LogP contribution is 2.27. The van der Waals surface area contributed by atoms with Crippen LogP contribution >= 0.6 is 39.1 Å². The van der Waals surface area contributed by atoms with E-state index < -0.39 is 6.10 Å². The molecule has 0 saturated carbocycles. The lowest BCUT2D eigenvalue weighted by Crippen LogP contribution is -2.31. The average molecular weight is 443 g/mol. The molecule has 0 bridgehead atoms. The summed E-state index contributed by atoms with van der Waals surface area (Å²) in [6, 6.07) is 10.6. The maximum absolute atomic E-state index is 12.6. The van der Waals surface area contributed by atoms with E-state index in [-0.39, 0.29) is 18.6 Å². The van der Waals surface area contributed by atoms with Gasteiger partial charge in [0.15, 0.2) is 0 Å². The summed E-state index contributed by atoms with van der Waals surface area (Å²) in [5, 5.41) is 14.7. The van der Waals surface area contributed by atoms with Gasteiger partial charge in [-0.25, -0.2) is 4.98 Å². The zero-order chi connectivity index (χ0) is 18.0. The molecule has 2 aromatic carbocycles. The molecule has 3 aromatic rings. The predicted octanol–water partition coefficient (Wildman–Crippen LogP) is 3.94. The Hall–Kier alpha value is -1.60. The molecule has 8 heteroatoms. The van der Waals surface area contributed by atoms with Crippen molar-refractivity contribution in [3.63, 3.8) is 0 Å². The monoisotopic (exact) mass is 441 g/mol. The lowest BCUT2D eigenvalue weighted by molar-refractivity contribution is 0.165. The molecule has 2 N–H and O–H groups in total. The molecule has 1 atom stereocenters. The zero-order valence-corrected chi connectivity index (χ0v) is 16.0. The third-order valence-electron chi connectivity index (χ3n) is 3.69. The van der Waals surface area contributed by atoms with Crippen LogP contribution in [-0.4, -0.2) is 27.3 Å². The molecule has 1 aromatic heterocycles. The van der Waals surface area contributed by atoms with Crippen molar-refractivity contribution in [1.82, 2.24) is 9.55 Å². The first-order valence-corrected chi connectivity index (χ1v) is 9.02. The molecule has 0 amide bonds. The number of anilines is 1. The Bertz CT molecular complexity index is 978. The summed E-state index contributed by atoms with van der Waals surface area (Å²) in [6.07, 6.45) is 0.621. The lowest BCUT2D eigenvalue weighted by Gasteiger charge is -2.15. The van der Waals surface area contributed by atoms with E-state index in [9.17, 15) is 9.90 Å². The molecular weight excluding hydrogens is 429 g/mol. The third-order valence-corrected chi connectivity index (χ3v) is 5.39. The van der Waals surface area contributed by atoms with Crippen molar-refractivity contribution in [2.45, 2.75) is 12.6 Å². The van der Waals surface area contributed by atoms with Crippen molar-refractivity contribution in [3.8, 4) is 0 Å². The number of para-hydroxylation sites is 1. The number of rotatable bonds is 5. The number of hydrogen-bond donors (Lipinski definition) is 2. The van der Waals surface area contributed by atoms with E-state index in [1.54, 1.807) is 18.2 Å². The van der Waals surface area contributed by atoms with Gasteiger partial charge in [-0.3, -0.25) is 9.36 Å². The topological polar surface area (TPSA) is 67.2 Å². The quantitative estimate of drug-likeness (QED) is 0.627. The smallest absolute Gasteiger partial charge is 0.262 e. The number of nitrogens with zero attached hydrogens (tertiary/aromatic N) is 2. The van der Waals surface area contributed by atoms with Gasteiger partial charge in [-0.2, -0.15) is 0 Å². The second-order valence-corrected chi connectivity index (χ2v) is 7.08. The summed E-state index contributed by atoms with van der Waals surface area (Å²) in [6.45, 7) is 0.336. The Morgan fingerprint density at radius 3 is 2.72 bits per heavy atom. The lowest BCUT2D eigenvalue weighted by atomic mass is 10.2. The summed E-state index contributed by atoms with van der Waals surface area (Å²) >= 11 is 15.4. The first-order chi connectivity index (χ1) is 12.0. The number of aliphatic hydroxyl groups excluding tert-OH is 1. The zero-order valence-electron chi connectivity index (χ0n) is 12.9. The summed E-state index contributed by atoms with van der Waals surface area (Å²) in [5.41, 5.74) is 0.999. The van der Waals surface area contributed by atoms with E-state index in [4.69, 9.17) is 23.2 Å². The minimum Gasteiger partial charge on any atom is -0.389 e. The highest BCUT2D eigenvalue weighted by molar-refractivity contribution is 9.10. The predicted molar refractivity (Wildman–Crippen MR) is 105 cm³/mol. The summed E-state index contributed by atoms with van der Waals surface area (Å²) < 4.78 is 1.87. The van der Waals surface area contributed by atoms with Crippen molar-refractivity contribution in [1.29, 1.82) is 0 Å². The molecule has 0 fully saturated rings. The van der Waals surface area contributed by atoms with Crippen molar-refractivity contribution in [2.24, 2.45) is 0 Å². The van der Waals surface area contributed by atoms with E-state index in [1.165, 1.54) is 10.9 Å². The van der Waals surface area contributed by atoms with Crippen molar-refractivity contribution < 1.29 is 5.11 Å². The summed E-state index contributed by atoms with van der Waals surface area (Å²) in [7, 11) is 0. The fourth-order valence-corrected chi connectivity index (χ4v) is 3.30. The van der Waals surface area contributed by atoms with Gasteiger partial charge in [0.05, 0.1) is 50.1 Å². The fourth-order valence-electron chi connectivity index (χ4n) is 2.43. The molecule has 0 spiro atoms. The SMILES string of the molecule is O=c1c2c(Br)c(Cl)ccc2ncn1C[C@H](O)CNc1ccccc1Cl. The first kappa shape index (κ1) is 18.2. The fraction of sp³-hybridized carbons (Fsp3) is 0.176. The Kier molecular flexibility index (Phi) is 5.64. The Balaban J connectivity index is 1.78. The van der Waals surface area contributed by atoms with Gasteiger partial charge in [0.25, 0.3) is 5.56 Å². The number of aromatic nitrogens is 2. The maximum atomic E-state index is 12.6. The van der Waals surface area contributed by atoms with Crippen LogP contribution in [0, 0.1) is 0 Å². The van der Waals surface area contributed by atoms with Crippen molar-refractivity contribution in [3.05, 3.63) is 67.6 Å². The molecule has 1 heterocycles. The molecule has 25 heavy (non-hydrogen) atoms. The van der Waals surface area contributed by atoms with Gasteiger partial charge >= 0.3 is 0 Å². The minimum atomic E-state index is -0.800. The summed E-state index contributed by atoms with van der Waals surface area (Å²) in [4.78, 5) is 16.9. The molecule has 0 aliphatic heterocycles. The van der Waals surface area contributed by atoms with E-state index in [1.807, 2.05) is 18.2 Å². The van der Waals surface area contributed by atoms with Crippen LogP contribution in [0.5, 0.6) is 0 Å². The molecular formula is C17H14BrCl2N3O2. The van der Waals surface area contributed by atoms with E-state index >= 15 is 0 Å². The maximum Gasteiger partial charge on any atom is 0.262 e. The normalized spacial score (nSPS) is 12.3. The third kappa shape index (κ3) is 3.98. The molecule has 0 radical (unpaired) electrons. The van der Waals surface area contributed by atoms with Gasteiger partial charge in [-0.05, 0) is 40.2 Å². The van der Waals surface area contributed by atoms with E-state index in [0.717, 1.165) is 5.69 Å². The number of hydrogen-bond acceptors (Lipinski definition) is 4. The standard InChI is InChI=1S/C17H14BrCl2N3O2/c18-16-12(20)5-6-14-15(16)17(25)23(9-22-14)8-10(24)7-21-13-4-2-1-3-11(13)19/h1-6,9-10,21,24H,7-8H2/t10-/m1/s1. The second kappa shape index (κ2) is 7.74. The van der Waals surface area contributed by atoms with E-state index in [2.05, 4.69) is 26.2 Å². The van der Waals surface area contributed by atoms with Crippen LogP contribution in [0.4, 0.5) is 5.69 Å². The van der Waals surface area contributed by atoms with Gasteiger partial charge in [0.2, 0.25) is 0 Å². The van der Waals surface area contributed by atoms with Crippen LogP contribution in [-0.2, 0) is 6.54 Å². The van der Waals surface area contributed by atoms with Crippen LogP contribution in [0.3, 0.4) is 0 Å². The number of fused-ring (bicyclic) bond motifs is 1. The van der Waals surface area contributed by atoms with E-state index in [0.29, 0.717) is 25.4 Å². The molecule has 0 aliphatic carbocycles. The van der Waals surface area contributed by atoms with Crippen LogP contribution in [0.1, 0.15) is 0 Å². The van der Waals surface area contributed by atoms with Crippen LogP contribution in [0.15, 0.2) is 52.0 Å². The number of nitrogens with one attached hydrogen (secondary N) is 1. The molecule has 0 unspecified atom stereocenters. The van der Waals surface area contributed by atoms with Gasteiger partial charge in [-0.1, -0.05) is 35.3 Å². The minimum absolute atomic E-state index is 0.0954. The van der Waals surface area contributed by atoms with Gasteiger partial charge < -0.3 is 10.4 Å². The number of benzene rings is 2. The Morgan fingerprint density at radius 2 is 1.96 bits per heavy atom. The molecule has 0 aliphatic rings. The number of aliphatic hydroxyl groups is 1. The highest BCUT2D eigenvalue weighted by Gasteiger charge is 2.13. The van der Waals surface area contributed by atoms with Gasteiger partial charge in [-0.15, -0.1) is 0 Å². The van der Waals surface area contributed by atoms with Crippen LogP contribution in [0.2, 0.25) is 10.0 Å². The Morgan fingerprint density at radius 1 is 1.20 bits per heavy atom. The molecule has 5 nitrogen and oxygen atoms in total. The second-order valence-electron chi connectivity index (χ2n) is 5.47. The van der Waals surface area contributed by atoms with Crippen LogP contribution in [0.25, 0.3) is 10.9 Å². The first-order valence-electron chi connectivity index (χ1n) is 7.47. The summed E-state index contributed by atoms with van der Waals surface area (Å²) in [5.74, 6) is 0. The van der Waals surface area contributed by atoms with Crippen molar-refractivity contribution in [2.75, 3.05) is 11.9 Å². The Labute approximate surface area is 162 Å². The van der Waals surface area contributed by atoms with Gasteiger partial charge in [0, 0.05) is 6.54 Å². The molecule has 0 saturated heterocycles. The molecule has 130 valence electrons. The molecule has 3 rings (SSSR count). The largest absolute Gasteiger partial charge is 0.389 e. The average Bonchev–Trinajstić information content (AvgIpc) is 2.59. The highest BCUT2D eigenvalue weighted by atomic mass is 79.9. The van der Waals surface area contributed by atoms with Crippen LogP contribution < -0.4 is 10.9 Å². The van der Waals surface area contributed by atoms with Gasteiger partial charge in [0.1, 0.15) is 0 Å². The van der Waals surface area contributed by atoms with Crippen molar-refractivity contribution >= 4 is 55.7 Å². The number of halogens is 3.